The summed E-state index contributed by atoms with van der Waals surface area (Å²) in [7, 11) is 1.71. The van der Waals surface area contributed by atoms with Crippen molar-refractivity contribution in [1.82, 2.24) is 20.0 Å². The molecule has 264 valence electrons. The number of piperidine rings is 1. The van der Waals surface area contributed by atoms with Gasteiger partial charge in [-0.15, -0.1) is 0 Å². The number of carbonyl (C=O) groups excluding carboxylic acids is 2. The molecule has 2 aliphatic rings. The van der Waals surface area contributed by atoms with Gasteiger partial charge in [0.05, 0.1) is 22.2 Å². The van der Waals surface area contributed by atoms with Crippen molar-refractivity contribution in [1.29, 1.82) is 0 Å². The van der Waals surface area contributed by atoms with Crippen LogP contribution in [0.3, 0.4) is 0 Å². The SMILES string of the molecule is CCC1=C(N(C)C=O)C(c2ccc([N+](=O)[O-])cc2)C(N(C=O)CCCN2CCC(c3ccccc3)(c3ccccc3)CC2)=C(CCCCN)N1. The minimum absolute atomic E-state index is 0.0151. The molecular formula is C40H50N6O4. The number of nitrogens with two attached hydrogens (primary N) is 1. The number of nitro groups is 1. The van der Waals surface area contributed by atoms with E-state index in [9.17, 15) is 19.7 Å². The molecule has 3 aromatic carbocycles. The maximum Gasteiger partial charge on any atom is 0.269 e. The highest BCUT2D eigenvalue weighted by atomic mass is 16.6. The second-order valence-electron chi connectivity index (χ2n) is 13.3. The van der Waals surface area contributed by atoms with Crippen LogP contribution in [0.4, 0.5) is 5.69 Å². The van der Waals surface area contributed by atoms with E-state index in [2.05, 4.69) is 70.9 Å². The highest BCUT2D eigenvalue weighted by Crippen LogP contribution is 2.43. The first-order valence-electron chi connectivity index (χ1n) is 17.8. The van der Waals surface area contributed by atoms with Crippen LogP contribution >= 0.6 is 0 Å². The molecule has 1 unspecified atom stereocenters. The molecule has 0 spiro atoms. The van der Waals surface area contributed by atoms with Gasteiger partial charge in [-0.25, -0.2) is 0 Å². The fraction of sp³-hybridized carbons (Fsp3) is 0.400. The van der Waals surface area contributed by atoms with Gasteiger partial charge in [0, 0.05) is 42.5 Å². The molecule has 0 saturated carbocycles. The molecule has 50 heavy (non-hydrogen) atoms. The first kappa shape index (κ1) is 36.5. The third-order valence-corrected chi connectivity index (χ3v) is 10.3. The van der Waals surface area contributed by atoms with Crippen molar-refractivity contribution in [3.63, 3.8) is 0 Å². The van der Waals surface area contributed by atoms with Crippen LogP contribution in [-0.2, 0) is 15.0 Å². The van der Waals surface area contributed by atoms with Crippen molar-refractivity contribution in [2.45, 2.75) is 63.2 Å². The summed E-state index contributed by atoms with van der Waals surface area (Å²) in [5.41, 5.74) is 12.6. The lowest BCUT2D eigenvalue weighted by atomic mass is 9.68. The molecule has 1 atom stereocenters. The van der Waals surface area contributed by atoms with Crippen molar-refractivity contribution < 1.29 is 14.5 Å². The van der Waals surface area contributed by atoms with E-state index in [-0.39, 0.29) is 11.1 Å². The molecule has 5 rings (SSSR count). The number of hydrogen-bond acceptors (Lipinski definition) is 7. The predicted molar refractivity (Wildman–Crippen MR) is 197 cm³/mol. The third-order valence-electron chi connectivity index (χ3n) is 10.3. The van der Waals surface area contributed by atoms with E-state index < -0.39 is 10.8 Å². The number of non-ortho nitro benzene ring substituents is 1. The van der Waals surface area contributed by atoms with Gasteiger partial charge in [0.25, 0.3) is 5.69 Å². The number of benzene rings is 3. The van der Waals surface area contributed by atoms with Crippen LogP contribution in [0, 0.1) is 10.1 Å². The van der Waals surface area contributed by atoms with Gasteiger partial charge in [0.15, 0.2) is 0 Å². The van der Waals surface area contributed by atoms with Crippen LogP contribution < -0.4 is 11.1 Å². The molecule has 2 heterocycles. The summed E-state index contributed by atoms with van der Waals surface area (Å²) in [6, 6.07) is 28.1. The maximum absolute atomic E-state index is 13.0. The average molecular weight is 679 g/mol. The Hall–Kier alpha value is -4.80. The number of nitrogens with one attached hydrogen (secondary N) is 1. The second kappa shape index (κ2) is 17.2. The molecule has 0 radical (unpaired) electrons. The Morgan fingerprint density at radius 2 is 1.50 bits per heavy atom. The number of unbranched alkanes of at least 4 members (excludes halogenated alkanes) is 1. The first-order valence-corrected chi connectivity index (χ1v) is 17.8. The molecule has 1 saturated heterocycles. The lowest BCUT2D eigenvalue weighted by Gasteiger charge is -2.43. The standard InChI is InChI=1S/C40H50N6O4/c1-3-35-38(43(2)29-47)37(31-18-20-34(21-19-31)46(49)50)39(36(42-35)17-10-11-24-41)45(30-48)26-12-25-44-27-22-40(23-28-44,32-13-6-4-7-14-32)33-15-8-5-9-16-33/h4-9,13-16,18-21,29-30,37,42H,3,10-12,17,22-28,41H2,1-2H3. The Labute approximate surface area is 295 Å². The van der Waals surface area contributed by atoms with Crippen molar-refractivity contribution in [2.75, 3.05) is 39.8 Å². The molecule has 0 aromatic heterocycles. The fourth-order valence-corrected chi connectivity index (χ4v) is 7.72. The van der Waals surface area contributed by atoms with Crippen LogP contribution in [0.25, 0.3) is 0 Å². The van der Waals surface area contributed by atoms with Gasteiger partial charge >= 0.3 is 0 Å². The van der Waals surface area contributed by atoms with E-state index in [1.165, 1.54) is 23.3 Å². The molecule has 3 N–H and O–H groups in total. The van der Waals surface area contributed by atoms with Crippen LogP contribution in [0.2, 0.25) is 0 Å². The Balaban J connectivity index is 1.39. The number of nitro benzene ring substituents is 1. The van der Waals surface area contributed by atoms with E-state index in [0.29, 0.717) is 25.9 Å². The second-order valence-corrected chi connectivity index (χ2v) is 13.3. The number of allylic oxidation sites excluding steroid dienone is 2. The van der Waals surface area contributed by atoms with Gasteiger partial charge < -0.3 is 25.8 Å². The van der Waals surface area contributed by atoms with Crippen molar-refractivity contribution in [3.05, 3.63) is 135 Å². The number of nitrogens with zero attached hydrogens (tertiary/aromatic N) is 4. The number of likely N-dealkylation sites (N-methyl/N-ethyl adjacent to an activating group) is 1. The summed E-state index contributed by atoms with van der Waals surface area (Å²) < 4.78 is 0. The summed E-state index contributed by atoms with van der Waals surface area (Å²) in [5, 5.41) is 15.1. The van der Waals surface area contributed by atoms with Gasteiger partial charge in [0.1, 0.15) is 0 Å². The minimum atomic E-state index is -0.479. The smallest absolute Gasteiger partial charge is 0.269 e. The minimum Gasteiger partial charge on any atom is -0.359 e. The maximum atomic E-state index is 13.0. The number of dihydropyridines is 1. The van der Waals surface area contributed by atoms with Crippen LogP contribution in [0.1, 0.15) is 74.5 Å². The van der Waals surface area contributed by atoms with Crippen molar-refractivity contribution in [2.24, 2.45) is 5.73 Å². The van der Waals surface area contributed by atoms with Crippen molar-refractivity contribution in [3.8, 4) is 0 Å². The number of rotatable bonds is 17. The highest BCUT2D eigenvalue weighted by molar-refractivity contribution is 5.61. The lowest BCUT2D eigenvalue weighted by molar-refractivity contribution is -0.384. The van der Waals surface area contributed by atoms with Crippen LogP contribution in [0.5, 0.6) is 0 Å². The number of likely N-dealkylation sites (tertiary alicyclic amines) is 1. The summed E-state index contributed by atoms with van der Waals surface area (Å²) in [6.45, 7) is 5.81. The monoisotopic (exact) mass is 678 g/mol. The lowest BCUT2D eigenvalue weighted by Crippen LogP contribution is -2.44. The average Bonchev–Trinajstić information content (AvgIpc) is 3.17. The molecule has 10 heteroatoms. The van der Waals surface area contributed by atoms with E-state index in [1.807, 2.05) is 6.92 Å². The van der Waals surface area contributed by atoms with Gasteiger partial charge in [0.2, 0.25) is 12.8 Å². The third kappa shape index (κ3) is 7.98. The summed E-state index contributed by atoms with van der Waals surface area (Å²) >= 11 is 0. The molecule has 0 aliphatic carbocycles. The van der Waals surface area contributed by atoms with Crippen LogP contribution in [-0.4, -0.2) is 72.2 Å². The van der Waals surface area contributed by atoms with E-state index in [1.54, 1.807) is 29.0 Å². The Morgan fingerprint density at radius 1 is 0.880 bits per heavy atom. The Morgan fingerprint density at radius 3 is 2.02 bits per heavy atom. The fourth-order valence-electron chi connectivity index (χ4n) is 7.72. The van der Waals surface area contributed by atoms with Crippen molar-refractivity contribution >= 4 is 18.5 Å². The van der Waals surface area contributed by atoms with Gasteiger partial charge in [-0.2, -0.15) is 0 Å². The molecule has 2 aliphatic heterocycles. The van der Waals surface area contributed by atoms with Gasteiger partial charge in [-0.1, -0.05) is 79.7 Å². The van der Waals surface area contributed by atoms with E-state index in [0.717, 1.165) is 92.9 Å². The molecule has 1 fully saturated rings. The Kier molecular flexibility index (Phi) is 12.6. The topological polar surface area (TPSA) is 125 Å². The summed E-state index contributed by atoms with van der Waals surface area (Å²) in [6.07, 6.45) is 7.41. The van der Waals surface area contributed by atoms with Gasteiger partial charge in [-0.05, 0) is 87.8 Å². The largest absolute Gasteiger partial charge is 0.359 e. The highest BCUT2D eigenvalue weighted by Gasteiger charge is 2.38. The molecule has 3 aromatic rings. The zero-order valence-corrected chi connectivity index (χ0v) is 29.3. The first-order chi connectivity index (χ1) is 24.4. The van der Waals surface area contributed by atoms with E-state index in [4.69, 9.17) is 5.73 Å². The Bertz CT molecular complexity index is 1610. The zero-order valence-electron chi connectivity index (χ0n) is 29.3. The zero-order chi connectivity index (χ0) is 35.5. The summed E-state index contributed by atoms with van der Waals surface area (Å²) in [5.74, 6) is -0.479. The molecule has 10 nitrogen and oxygen atoms in total. The number of hydrogen-bond donors (Lipinski definition) is 2. The molecule has 0 bridgehead atoms. The number of amides is 2. The molecular weight excluding hydrogens is 628 g/mol. The van der Waals surface area contributed by atoms with Crippen LogP contribution in [0.15, 0.2) is 108 Å². The van der Waals surface area contributed by atoms with E-state index >= 15 is 0 Å². The predicted octanol–water partition coefficient (Wildman–Crippen LogP) is 6.26. The summed E-state index contributed by atoms with van der Waals surface area (Å²) in [4.78, 5) is 42.2. The number of carbonyl (C=O) groups is 2. The molecule has 2 amide bonds. The quantitative estimate of drug-likeness (QED) is 0.0747. The van der Waals surface area contributed by atoms with Gasteiger partial charge in [-0.3, -0.25) is 19.7 Å². The normalized spacial score (nSPS) is 17.6.